The lowest BCUT2D eigenvalue weighted by Gasteiger charge is -2.33. The quantitative estimate of drug-likeness (QED) is 0.788. The Bertz CT molecular complexity index is 277. The van der Waals surface area contributed by atoms with Crippen LogP contribution >= 0.6 is 0 Å². The molecule has 0 saturated carbocycles. The van der Waals surface area contributed by atoms with Gasteiger partial charge in [0.1, 0.15) is 6.04 Å². The topological polar surface area (TPSA) is 47.7 Å². The lowest BCUT2D eigenvalue weighted by molar-refractivity contribution is -0.195. The number of halogens is 3. The molecule has 0 aromatic heterocycles. The average molecular weight is 254 g/mol. The third-order valence-electron chi connectivity index (χ3n) is 3.26. The van der Waals surface area contributed by atoms with Gasteiger partial charge in [-0.1, -0.05) is 0 Å². The van der Waals surface area contributed by atoms with Gasteiger partial charge in [0, 0.05) is 19.0 Å². The van der Waals surface area contributed by atoms with E-state index in [-0.39, 0.29) is 6.54 Å². The second kappa shape index (κ2) is 4.38. The zero-order valence-corrected chi connectivity index (χ0v) is 9.67. The molecule has 0 aromatic rings. The highest BCUT2D eigenvalue weighted by Crippen LogP contribution is 2.36. The van der Waals surface area contributed by atoms with Gasteiger partial charge < -0.3 is 15.2 Å². The van der Waals surface area contributed by atoms with Crippen molar-refractivity contribution >= 4 is 0 Å². The summed E-state index contributed by atoms with van der Waals surface area (Å²) in [6, 6.07) is -2.60. The van der Waals surface area contributed by atoms with Crippen LogP contribution in [0.3, 0.4) is 0 Å². The largest absolute Gasteiger partial charge is 0.405 e. The second-order valence-electron chi connectivity index (χ2n) is 4.67. The minimum atomic E-state index is -4.32. The lowest BCUT2D eigenvalue weighted by atomic mass is 10.1. The van der Waals surface area contributed by atoms with Crippen molar-refractivity contribution in [2.75, 3.05) is 26.3 Å². The van der Waals surface area contributed by atoms with E-state index in [4.69, 9.17) is 15.2 Å². The number of hydrogen-bond donors (Lipinski definition) is 1. The summed E-state index contributed by atoms with van der Waals surface area (Å²) in [4.78, 5) is 1.32. The van der Waals surface area contributed by atoms with Crippen LogP contribution in [0.5, 0.6) is 0 Å². The summed E-state index contributed by atoms with van der Waals surface area (Å²) in [5.74, 6) is -0.835. The van der Waals surface area contributed by atoms with Gasteiger partial charge in [-0.25, -0.2) is 0 Å². The van der Waals surface area contributed by atoms with Crippen molar-refractivity contribution in [3.8, 4) is 0 Å². The maximum atomic E-state index is 12.9. The molecule has 0 bridgehead atoms. The Morgan fingerprint density at radius 3 is 2.35 bits per heavy atom. The molecule has 2 heterocycles. The van der Waals surface area contributed by atoms with Crippen molar-refractivity contribution in [3.63, 3.8) is 0 Å². The molecular formula is C10H17F3N2O2. The summed E-state index contributed by atoms with van der Waals surface area (Å²) in [6.07, 6.45) is -3.86. The monoisotopic (exact) mass is 254 g/mol. The van der Waals surface area contributed by atoms with Crippen LogP contribution in [0.1, 0.15) is 13.3 Å². The molecule has 100 valence electrons. The van der Waals surface area contributed by atoms with Gasteiger partial charge in [-0.3, -0.25) is 4.90 Å². The van der Waals surface area contributed by atoms with E-state index in [9.17, 15) is 13.2 Å². The highest BCUT2D eigenvalue weighted by Gasteiger charge is 2.52. The zero-order chi connectivity index (χ0) is 12.7. The van der Waals surface area contributed by atoms with Crippen molar-refractivity contribution in [2.24, 2.45) is 5.73 Å². The highest BCUT2D eigenvalue weighted by molar-refractivity contribution is 4.95. The summed E-state index contributed by atoms with van der Waals surface area (Å²) in [6.45, 7) is 2.70. The van der Waals surface area contributed by atoms with Crippen molar-refractivity contribution in [1.29, 1.82) is 0 Å². The molecule has 2 aliphatic rings. The van der Waals surface area contributed by atoms with E-state index in [2.05, 4.69) is 0 Å². The van der Waals surface area contributed by atoms with Crippen LogP contribution in [0.25, 0.3) is 0 Å². The molecule has 7 heteroatoms. The zero-order valence-electron chi connectivity index (χ0n) is 9.67. The van der Waals surface area contributed by atoms with Crippen LogP contribution in [0.4, 0.5) is 13.2 Å². The summed E-state index contributed by atoms with van der Waals surface area (Å²) >= 11 is 0. The molecule has 2 aliphatic heterocycles. The van der Waals surface area contributed by atoms with E-state index >= 15 is 0 Å². The first-order valence-corrected chi connectivity index (χ1v) is 5.68. The highest BCUT2D eigenvalue weighted by atomic mass is 19.4. The van der Waals surface area contributed by atoms with Crippen LogP contribution in [-0.2, 0) is 9.47 Å². The van der Waals surface area contributed by atoms with E-state index in [1.54, 1.807) is 0 Å². The van der Waals surface area contributed by atoms with Crippen molar-refractivity contribution in [3.05, 3.63) is 0 Å². The third kappa shape index (κ3) is 2.57. The number of rotatable bonds is 2. The number of likely N-dealkylation sites (tertiary alicyclic amines) is 1. The molecule has 0 aromatic carbocycles. The second-order valence-corrected chi connectivity index (χ2v) is 4.67. The van der Waals surface area contributed by atoms with Gasteiger partial charge in [0.15, 0.2) is 5.79 Å². The maximum absolute atomic E-state index is 12.9. The molecule has 0 amide bonds. The predicted octanol–water partition coefficient (Wildman–Crippen LogP) is 0.713. The molecular weight excluding hydrogens is 237 g/mol. The van der Waals surface area contributed by atoms with Crippen LogP contribution in [0, 0.1) is 0 Å². The molecule has 2 N–H and O–H groups in total. The number of hydrogen-bond acceptors (Lipinski definition) is 4. The molecule has 2 saturated heterocycles. The Labute approximate surface area is 97.8 Å². The first-order chi connectivity index (χ1) is 7.84. The van der Waals surface area contributed by atoms with Crippen LogP contribution in [-0.4, -0.2) is 55.3 Å². The number of ether oxygens (including phenoxy) is 2. The van der Waals surface area contributed by atoms with Gasteiger partial charge in [-0.05, 0) is 6.92 Å². The lowest BCUT2D eigenvalue weighted by Crippen LogP contribution is -2.55. The Morgan fingerprint density at radius 2 is 1.88 bits per heavy atom. The minimum absolute atomic E-state index is 0.138. The van der Waals surface area contributed by atoms with Gasteiger partial charge in [-0.2, -0.15) is 13.2 Å². The number of nitrogens with zero attached hydrogens (tertiary/aromatic N) is 1. The van der Waals surface area contributed by atoms with Gasteiger partial charge in [0.2, 0.25) is 0 Å². The Balaban J connectivity index is 2.07. The summed E-state index contributed by atoms with van der Waals surface area (Å²) in [5, 5.41) is 0. The standard InChI is InChI=1S/C10H17F3N2O2/c1-7(14)8(10(11,12)13)15-3-2-9(6-15)16-4-5-17-9/h7-8H,2-6,14H2,1H3. The van der Waals surface area contributed by atoms with E-state index < -0.39 is 24.0 Å². The fourth-order valence-electron chi connectivity index (χ4n) is 2.59. The Kier molecular flexibility index (Phi) is 3.37. The molecule has 0 aliphatic carbocycles. The maximum Gasteiger partial charge on any atom is 0.405 e. The summed E-state index contributed by atoms with van der Waals surface area (Å²) < 4.78 is 49.5. The van der Waals surface area contributed by atoms with Gasteiger partial charge in [0.05, 0.1) is 19.8 Å². The Hall–Kier alpha value is -0.370. The molecule has 2 unspecified atom stereocenters. The van der Waals surface area contributed by atoms with Crippen molar-refractivity contribution in [1.82, 2.24) is 4.90 Å². The molecule has 17 heavy (non-hydrogen) atoms. The fraction of sp³-hybridized carbons (Fsp3) is 1.00. The van der Waals surface area contributed by atoms with Crippen LogP contribution < -0.4 is 5.73 Å². The van der Waals surface area contributed by atoms with Crippen LogP contribution in [0.2, 0.25) is 0 Å². The fourth-order valence-corrected chi connectivity index (χ4v) is 2.59. The predicted molar refractivity (Wildman–Crippen MR) is 54.3 cm³/mol. The average Bonchev–Trinajstić information content (AvgIpc) is 2.75. The van der Waals surface area contributed by atoms with Gasteiger partial charge >= 0.3 is 6.18 Å². The molecule has 1 spiro atoms. The van der Waals surface area contributed by atoms with Gasteiger partial charge in [0.25, 0.3) is 0 Å². The van der Waals surface area contributed by atoms with E-state index in [0.717, 1.165) is 0 Å². The van der Waals surface area contributed by atoms with Crippen molar-refractivity contribution in [2.45, 2.75) is 37.4 Å². The van der Waals surface area contributed by atoms with Crippen LogP contribution in [0.15, 0.2) is 0 Å². The third-order valence-corrected chi connectivity index (χ3v) is 3.26. The molecule has 2 fully saturated rings. The van der Waals surface area contributed by atoms with Gasteiger partial charge in [-0.15, -0.1) is 0 Å². The van der Waals surface area contributed by atoms with E-state index in [0.29, 0.717) is 26.2 Å². The molecule has 2 atom stereocenters. The molecule has 4 nitrogen and oxygen atoms in total. The normalized spacial score (nSPS) is 28.8. The first kappa shape index (κ1) is 13.1. The summed E-state index contributed by atoms with van der Waals surface area (Å²) in [7, 11) is 0. The molecule has 0 radical (unpaired) electrons. The van der Waals surface area contributed by atoms with Crippen molar-refractivity contribution < 1.29 is 22.6 Å². The Morgan fingerprint density at radius 1 is 1.29 bits per heavy atom. The number of alkyl halides is 3. The molecule has 2 rings (SSSR count). The first-order valence-electron chi connectivity index (χ1n) is 5.68. The van der Waals surface area contributed by atoms with E-state index in [1.807, 2.05) is 0 Å². The SMILES string of the molecule is CC(N)C(N1CCC2(C1)OCCO2)C(F)(F)F. The smallest absolute Gasteiger partial charge is 0.346 e. The van der Waals surface area contributed by atoms with E-state index in [1.165, 1.54) is 11.8 Å². The summed E-state index contributed by atoms with van der Waals surface area (Å²) in [5.41, 5.74) is 5.45. The minimum Gasteiger partial charge on any atom is -0.346 e. The number of nitrogens with two attached hydrogens (primary N) is 1.